The number of H-pyrrole nitrogens is 1. The number of hydrogen-bond donors (Lipinski definition) is 3. The smallest absolute Gasteiger partial charge is 0.346 e. The van der Waals surface area contributed by atoms with Gasteiger partial charge in [-0.05, 0) is 84.5 Å². The predicted octanol–water partition coefficient (Wildman–Crippen LogP) is 9.92. The van der Waals surface area contributed by atoms with Gasteiger partial charge in [0.05, 0.1) is 10.0 Å². The molecule has 9 nitrogen and oxygen atoms in total. The Hall–Kier alpha value is -4.57. The van der Waals surface area contributed by atoms with Crippen molar-refractivity contribution in [1.82, 2.24) is 9.78 Å². The Morgan fingerprint density at radius 1 is 0.889 bits per heavy atom. The number of benzene rings is 3. The van der Waals surface area contributed by atoms with E-state index in [1.165, 1.54) is 22.4 Å². The molecule has 5 rings (SSSR count). The Morgan fingerprint density at radius 2 is 1.57 bits per heavy atom. The van der Waals surface area contributed by atoms with E-state index in [0.717, 1.165) is 36.0 Å². The zero-order valence-electron chi connectivity index (χ0n) is 31.9. The average molecular weight is 792 g/mol. The number of halogens is 3. The van der Waals surface area contributed by atoms with Crippen LogP contribution < -0.4 is 25.5 Å². The van der Waals surface area contributed by atoms with E-state index in [0.29, 0.717) is 16.5 Å². The molecule has 0 aliphatic rings. The first-order valence-corrected chi connectivity index (χ1v) is 19.1. The summed E-state index contributed by atoms with van der Waals surface area (Å²) in [5, 5.41) is 9.25. The minimum absolute atomic E-state index is 0.00284. The lowest BCUT2D eigenvalue weighted by atomic mass is 9.76. The number of ether oxygens (including phenoxy) is 1. The van der Waals surface area contributed by atoms with Gasteiger partial charge < -0.3 is 15.4 Å². The second-order valence-corrected chi connectivity index (χ2v) is 15.9. The fraction of sp³-hybridized carbons (Fsp3) is 0.333. The van der Waals surface area contributed by atoms with E-state index in [-0.39, 0.29) is 56.1 Å². The molecule has 284 valence electrons. The molecule has 2 heterocycles. The first-order valence-electron chi connectivity index (χ1n) is 18.0. The van der Waals surface area contributed by atoms with Crippen LogP contribution in [0.5, 0.6) is 5.75 Å². The summed E-state index contributed by atoms with van der Waals surface area (Å²) in [7, 11) is 0. The quantitative estimate of drug-likeness (QED) is 0.103. The molecule has 0 aliphatic carbocycles. The molecule has 0 fully saturated rings. The SMILES string of the molecule is CCc1c[n+](-c2c(NC(=O)c3cccc(NC(=O)COc4ccc(C(C)(C)CC)cc4C(C)(C)CC)c3)[nH]n(-c3c(Cl)cc(Cl)cc3Cl)c2=O)ccc1C. The van der Waals surface area contributed by atoms with Crippen molar-refractivity contribution >= 4 is 58.1 Å². The summed E-state index contributed by atoms with van der Waals surface area (Å²) in [6.45, 7) is 16.9. The second kappa shape index (κ2) is 16.4. The maximum atomic E-state index is 14.0. The molecule has 12 heteroatoms. The Bertz CT molecular complexity index is 2250. The zero-order chi connectivity index (χ0) is 39.5. The molecule has 0 unspecified atom stereocenters. The lowest BCUT2D eigenvalue weighted by Gasteiger charge is -2.30. The Morgan fingerprint density at radius 3 is 2.22 bits per heavy atom. The largest absolute Gasteiger partial charge is 0.483 e. The molecular weight excluding hydrogens is 745 g/mol. The first-order chi connectivity index (χ1) is 25.5. The molecule has 54 heavy (non-hydrogen) atoms. The summed E-state index contributed by atoms with van der Waals surface area (Å²) >= 11 is 19.2. The van der Waals surface area contributed by atoms with Crippen molar-refractivity contribution in [3.8, 4) is 17.1 Å². The summed E-state index contributed by atoms with van der Waals surface area (Å²) in [5.74, 6) is -0.148. The van der Waals surface area contributed by atoms with Crippen LogP contribution in [0.1, 0.15) is 93.9 Å². The van der Waals surface area contributed by atoms with Gasteiger partial charge in [-0.25, -0.2) is 4.68 Å². The van der Waals surface area contributed by atoms with E-state index in [4.69, 9.17) is 39.5 Å². The van der Waals surface area contributed by atoms with Gasteiger partial charge in [-0.2, -0.15) is 4.57 Å². The Kier molecular flexibility index (Phi) is 12.4. The van der Waals surface area contributed by atoms with Gasteiger partial charge in [-0.1, -0.05) is 101 Å². The summed E-state index contributed by atoms with van der Waals surface area (Å²) in [4.78, 5) is 41.0. The van der Waals surface area contributed by atoms with Crippen molar-refractivity contribution < 1.29 is 18.9 Å². The van der Waals surface area contributed by atoms with E-state index >= 15 is 0 Å². The van der Waals surface area contributed by atoms with Crippen LogP contribution in [-0.2, 0) is 22.0 Å². The summed E-state index contributed by atoms with van der Waals surface area (Å²) < 4.78 is 8.94. The standard InChI is InChI=1S/C42H46Cl3N5O4/c1-9-26-23-49(18-17-25(26)4)37-38(48-50(40(37)53)36-32(44)21-29(43)22-33(36)45)47-39(52)27-13-12-14-30(19-27)46-35(51)24-54-34-16-15-28(41(5,6)10-2)20-31(34)42(7,8)11-3/h12-23H,9-11,24H2,1-8H3,(H2-,46,47,48,51,52,53)/p+1. The highest BCUT2D eigenvalue weighted by Gasteiger charge is 2.29. The maximum absolute atomic E-state index is 14.0. The van der Waals surface area contributed by atoms with Gasteiger partial charge in [0.25, 0.3) is 11.8 Å². The molecule has 5 aromatic rings. The van der Waals surface area contributed by atoms with Crippen molar-refractivity contribution in [1.29, 1.82) is 0 Å². The van der Waals surface area contributed by atoms with Crippen molar-refractivity contribution in [3.05, 3.63) is 126 Å². The predicted molar refractivity (Wildman–Crippen MR) is 219 cm³/mol. The molecule has 0 radical (unpaired) electrons. The first kappa shape index (κ1) is 40.6. The normalized spacial score (nSPS) is 11.8. The monoisotopic (exact) mass is 790 g/mol. The molecule has 0 bridgehead atoms. The third-order valence-corrected chi connectivity index (χ3v) is 11.1. The van der Waals surface area contributed by atoms with Crippen LogP contribution >= 0.6 is 34.8 Å². The Labute approximate surface area is 331 Å². The average Bonchev–Trinajstić information content (AvgIpc) is 3.44. The number of nitrogens with one attached hydrogen (secondary N) is 3. The summed E-state index contributed by atoms with van der Waals surface area (Å²) in [5.41, 5.74) is 4.63. The molecule has 2 aromatic heterocycles. The van der Waals surface area contributed by atoms with Crippen LogP contribution in [0.25, 0.3) is 11.4 Å². The molecule has 0 aliphatic heterocycles. The van der Waals surface area contributed by atoms with Gasteiger partial charge in [0.2, 0.25) is 5.82 Å². The topological polar surface area (TPSA) is 109 Å². The van der Waals surface area contributed by atoms with Crippen molar-refractivity contribution in [2.24, 2.45) is 0 Å². The highest BCUT2D eigenvalue weighted by molar-refractivity contribution is 6.40. The van der Waals surface area contributed by atoms with E-state index in [1.54, 1.807) is 35.0 Å². The summed E-state index contributed by atoms with van der Waals surface area (Å²) in [6.07, 6.45) is 6.20. The number of anilines is 2. The second-order valence-electron chi connectivity index (χ2n) is 14.7. The number of nitrogens with zero attached hydrogens (tertiary/aromatic N) is 2. The van der Waals surface area contributed by atoms with Crippen LogP contribution in [0.3, 0.4) is 0 Å². The lowest BCUT2D eigenvalue weighted by molar-refractivity contribution is -0.596. The number of rotatable bonds is 13. The molecule has 3 aromatic carbocycles. The van der Waals surface area contributed by atoms with Crippen LogP contribution in [0.2, 0.25) is 15.1 Å². The highest BCUT2D eigenvalue weighted by atomic mass is 35.5. The number of amides is 2. The van der Waals surface area contributed by atoms with Gasteiger partial charge in [-0.15, -0.1) is 0 Å². The minimum Gasteiger partial charge on any atom is -0.483 e. The molecule has 0 spiro atoms. The highest BCUT2D eigenvalue weighted by Crippen LogP contribution is 2.38. The van der Waals surface area contributed by atoms with Crippen LogP contribution in [0.4, 0.5) is 11.5 Å². The Balaban J connectivity index is 1.40. The van der Waals surface area contributed by atoms with E-state index in [2.05, 4.69) is 69.4 Å². The van der Waals surface area contributed by atoms with Gasteiger partial charge in [0, 0.05) is 33.5 Å². The fourth-order valence-corrected chi connectivity index (χ4v) is 7.03. The number of aromatic amines is 1. The van der Waals surface area contributed by atoms with Crippen LogP contribution in [-0.4, -0.2) is 28.2 Å². The number of carbonyl (C=O) groups excluding carboxylic acids is 2. The van der Waals surface area contributed by atoms with Crippen LogP contribution in [0.15, 0.2) is 77.9 Å². The lowest BCUT2D eigenvalue weighted by Crippen LogP contribution is -2.38. The number of aryl methyl sites for hydroxylation is 2. The number of hydrogen-bond acceptors (Lipinski definition) is 4. The summed E-state index contributed by atoms with van der Waals surface area (Å²) in [6, 6.07) is 17.6. The maximum Gasteiger partial charge on any atom is 0.346 e. The molecule has 0 saturated carbocycles. The van der Waals surface area contributed by atoms with Gasteiger partial charge in [-0.3, -0.25) is 19.5 Å². The van der Waals surface area contributed by atoms with Crippen molar-refractivity contribution in [2.45, 2.75) is 85.5 Å². The number of carbonyl (C=O) groups is 2. The van der Waals surface area contributed by atoms with E-state index < -0.39 is 11.5 Å². The van der Waals surface area contributed by atoms with Crippen molar-refractivity contribution in [3.63, 3.8) is 0 Å². The molecule has 0 atom stereocenters. The number of aromatic nitrogens is 3. The molecular formula is C42H47Cl3N5O4+. The molecule has 0 saturated heterocycles. The molecule has 2 amide bonds. The minimum atomic E-state index is -0.532. The van der Waals surface area contributed by atoms with E-state index in [1.807, 2.05) is 32.2 Å². The van der Waals surface area contributed by atoms with Gasteiger partial charge in [0.1, 0.15) is 11.4 Å². The molecule has 3 N–H and O–H groups in total. The zero-order valence-corrected chi connectivity index (χ0v) is 34.2. The van der Waals surface area contributed by atoms with Crippen LogP contribution in [0, 0.1) is 6.92 Å². The fourth-order valence-electron chi connectivity index (χ4n) is 6.05. The van der Waals surface area contributed by atoms with Gasteiger partial charge in [0.15, 0.2) is 19.0 Å². The third kappa shape index (κ3) is 8.70. The van der Waals surface area contributed by atoms with Gasteiger partial charge >= 0.3 is 11.2 Å². The van der Waals surface area contributed by atoms with E-state index in [9.17, 15) is 14.4 Å². The van der Waals surface area contributed by atoms with Crippen molar-refractivity contribution in [2.75, 3.05) is 17.2 Å². The number of pyridine rings is 1. The third-order valence-electron chi connectivity index (χ3n) is 10.3.